The van der Waals surface area contributed by atoms with Crippen LogP contribution in [0.3, 0.4) is 0 Å². The number of halogens is 3. The number of hydrogen-bond donors (Lipinski definition) is 0. The molecule has 1 saturated heterocycles. The van der Waals surface area contributed by atoms with Gasteiger partial charge in [0.25, 0.3) is 10.0 Å². The molecule has 0 bridgehead atoms. The summed E-state index contributed by atoms with van der Waals surface area (Å²) in [6, 6.07) is 18.1. The number of likely N-dealkylation sites (tertiary alicyclic amines) is 1. The van der Waals surface area contributed by atoms with Gasteiger partial charge < -0.3 is 23.8 Å². The standard InChI is InChI=1S/C37H40ClF2N3O7S/c1-37(2,3)50-36(44)42-17-15-29(24-9-12-27(38)13-10-24)26(21-42)23-49-33-19-31(40)34(20-30(33)39)51(45,46)43(35-8-6-7-16-41-35)22-25-11-14-28(47-4)18-32(25)48-5/h6-14,16,18-20,26,29H,15,17,21-23H2,1-5H3/t26-,29-/m1/s1. The van der Waals surface area contributed by atoms with Crippen molar-refractivity contribution in [3.63, 3.8) is 0 Å². The Morgan fingerprint density at radius 1 is 0.980 bits per heavy atom. The maximum Gasteiger partial charge on any atom is 0.410 e. The summed E-state index contributed by atoms with van der Waals surface area (Å²) in [5, 5.41) is 0.565. The van der Waals surface area contributed by atoms with Gasteiger partial charge in [0.15, 0.2) is 11.6 Å². The number of carbonyl (C=O) groups is 1. The summed E-state index contributed by atoms with van der Waals surface area (Å²) < 4.78 is 82.8. The zero-order chi connectivity index (χ0) is 36.9. The fourth-order valence-corrected chi connectivity index (χ4v) is 7.49. The third kappa shape index (κ3) is 9.01. The highest BCUT2D eigenvalue weighted by Crippen LogP contribution is 2.37. The van der Waals surface area contributed by atoms with E-state index in [0.29, 0.717) is 41.1 Å². The van der Waals surface area contributed by atoms with Gasteiger partial charge in [-0.1, -0.05) is 29.8 Å². The molecule has 272 valence electrons. The number of ether oxygens (including phenoxy) is 4. The zero-order valence-corrected chi connectivity index (χ0v) is 30.5. The second-order valence-corrected chi connectivity index (χ2v) is 15.3. The second-order valence-electron chi connectivity index (χ2n) is 13.0. The van der Waals surface area contributed by atoms with Crippen molar-refractivity contribution in [2.24, 2.45) is 5.92 Å². The highest BCUT2D eigenvalue weighted by Gasteiger charge is 2.36. The Hall–Kier alpha value is -4.62. The minimum atomic E-state index is -4.73. The molecule has 10 nitrogen and oxygen atoms in total. The van der Waals surface area contributed by atoms with Gasteiger partial charge in [-0.05, 0) is 75.1 Å². The van der Waals surface area contributed by atoms with Gasteiger partial charge >= 0.3 is 6.09 Å². The Kier molecular flexibility index (Phi) is 11.6. The molecule has 0 saturated carbocycles. The van der Waals surface area contributed by atoms with E-state index in [4.69, 9.17) is 30.5 Å². The molecule has 1 aliphatic rings. The van der Waals surface area contributed by atoms with Crippen molar-refractivity contribution in [3.8, 4) is 17.2 Å². The monoisotopic (exact) mass is 743 g/mol. The number of aromatic nitrogens is 1. The molecule has 0 spiro atoms. The molecule has 1 aromatic heterocycles. The van der Waals surface area contributed by atoms with Crippen LogP contribution in [0.15, 0.2) is 83.9 Å². The first kappa shape index (κ1) is 37.6. The summed E-state index contributed by atoms with van der Waals surface area (Å²) >= 11 is 6.12. The molecule has 5 rings (SSSR count). The van der Waals surface area contributed by atoms with Crippen molar-refractivity contribution >= 4 is 33.5 Å². The smallest absolute Gasteiger partial charge is 0.410 e. The van der Waals surface area contributed by atoms with E-state index in [-0.39, 0.29) is 37.4 Å². The number of nitrogens with zero attached hydrogens (tertiary/aromatic N) is 3. The number of rotatable bonds is 11. The van der Waals surface area contributed by atoms with Crippen LogP contribution >= 0.6 is 11.6 Å². The topological polar surface area (TPSA) is 108 Å². The van der Waals surface area contributed by atoms with E-state index in [1.165, 1.54) is 26.5 Å². The first-order chi connectivity index (χ1) is 24.2. The maximum atomic E-state index is 15.9. The van der Waals surface area contributed by atoms with Gasteiger partial charge in [-0.2, -0.15) is 0 Å². The van der Waals surface area contributed by atoms with Crippen LogP contribution in [-0.4, -0.2) is 63.9 Å². The molecule has 14 heteroatoms. The van der Waals surface area contributed by atoms with Crippen LogP contribution in [0.5, 0.6) is 17.2 Å². The fourth-order valence-electron chi connectivity index (χ4n) is 5.90. The number of amides is 1. The Morgan fingerprint density at radius 3 is 2.37 bits per heavy atom. The van der Waals surface area contributed by atoms with Crippen LogP contribution < -0.4 is 18.5 Å². The van der Waals surface area contributed by atoms with Crippen molar-refractivity contribution in [2.75, 3.05) is 38.2 Å². The third-order valence-electron chi connectivity index (χ3n) is 8.40. The Morgan fingerprint density at radius 2 is 1.73 bits per heavy atom. The Balaban J connectivity index is 1.42. The Bertz CT molecular complexity index is 1940. The van der Waals surface area contributed by atoms with Crippen LogP contribution in [0.25, 0.3) is 0 Å². The average Bonchev–Trinajstić information content (AvgIpc) is 3.10. The minimum absolute atomic E-state index is 0.0180. The number of methoxy groups -OCH3 is 2. The van der Waals surface area contributed by atoms with Crippen molar-refractivity contribution in [2.45, 2.75) is 50.2 Å². The molecule has 0 unspecified atom stereocenters. The SMILES string of the molecule is COc1ccc(CN(c2ccccn2)S(=O)(=O)c2cc(F)c(OC[C@H]3CN(C(=O)OC(C)(C)C)CC[C@@H]3c3ccc(Cl)cc3)cc2F)c(OC)c1. The molecule has 0 aliphatic carbocycles. The summed E-state index contributed by atoms with van der Waals surface area (Å²) in [7, 11) is -1.83. The molecule has 2 atom stereocenters. The lowest BCUT2D eigenvalue weighted by Crippen LogP contribution is -2.46. The molecule has 0 N–H and O–H groups in total. The number of hydrogen-bond acceptors (Lipinski definition) is 8. The number of piperidine rings is 1. The molecular formula is C37H40ClF2N3O7S. The summed E-state index contributed by atoms with van der Waals surface area (Å²) in [4.78, 5) is 17.8. The fraction of sp³-hybridized carbons (Fsp3) is 0.351. The molecule has 51 heavy (non-hydrogen) atoms. The van der Waals surface area contributed by atoms with Crippen LogP contribution in [0.1, 0.15) is 44.2 Å². The third-order valence-corrected chi connectivity index (χ3v) is 10.4. The molecule has 0 radical (unpaired) electrons. The first-order valence-electron chi connectivity index (χ1n) is 16.2. The van der Waals surface area contributed by atoms with E-state index in [2.05, 4.69) is 4.98 Å². The number of sulfonamides is 1. The lowest BCUT2D eigenvalue weighted by Gasteiger charge is -2.39. The molecule has 1 aliphatic heterocycles. The van der Waals surface area contributed by atoms with Crippen LogP contribution in [0, 0.1) is 17.6 Å². The zero-order valence-electron chi connectivity index (χ0n) is 28.9. The summed E-state index contributed by atoms with van der Waals surface area (Å²) in [6.45, 7) is 5.56. The van der Waals surface area contributed by atoms with Gasteiger partial charge in [0.05, 0.1) is 27.4 Å². The highest BCUT2D eigenvalue weighted by atomic mass is 35.5. The molecule has 3 aromatic carbocycles. The predicted octanol–water partition coefficient (Wildman–Crippen LogP) is 7.85. The molecule has 4 aromatic rings. The van der Waals surface area contributed by atoms with Crippen LogP contribution in [0.4, 0.5) is 19.4 Å². The largest absolute Gasteiger partial charge is 0.497 e. The normalized spacial score (nSPS) is 16.4. The summed E-state index contributed by atoms with van der Waals surface area (Å²) in [5.41, 5.74) is 0.677. The quantitative estimate of drug-likeness (QED) is 0.153. The summed E-state index contributed by atoms with van der Waals surface area (Å²) in [6.07, 6.45) is 1.47. The summed E-state index contributed by atoms with van der Waals surface area (Å²) in [5.74, 6) is -2.44. The van der Waals surface area contributed by atoms with Gasteiger partial charge in [0.2, 0.25) is 0 Å². The van der Waals surface area contributed by atoms with E-state index in [9.17, 15) is 13.2 Å². The minimum Gasteiger partial charge on any atom is -0.497 e. The number of carbonyl (C=O) groups excluding carboxylic acids is 1. The van der Waals surface area contributed by atoms with E-state index >= 15 is 8.78 Å². The average molecular weight is 744 g/mol. The van der Waals surface area contributed by atoms with Gasteiger partial charge in [-0.15, -0.1) is 0 Å². The predicted molar refractivity (Wildman–Crippen MR) is 189 cm³/mol. The lowest BCUT2D eigenvalue weighted by molar-refractivity contribution is 0.0110. The highest BCUT2D eigenvalue weighted by molar-refractivity contribution is 7.92. The van der Waals surface area contributed by atoms with Crippen molar-refractivity contribution in [3.05, 3.63) is 107 Å². The number of anilines is 1. The van der Waals surface area contributed by atoms with Crippen molar-refractivity contribution in [1.29, 1.82) is 0 Å². The van der Waals surface area contributed by atoms with E-state index in [1.54, 1.807) is 68.1 Å². The van der Waals surface area contributed by atoms with E-state index in [1.807, 2.05) is 12.1 Å². The van der Waals surface area contributed by atoms with Crippen molar-refractivity contribution in [1.82, 2.24) is 9.88 Å². The van der Waals surface area contributed by atoms with Crippen LogP contribution in [-0.2, 0) is 21.3 Å². The maximum absolute atomic E-state index is 15.9. The molecule has 1 amide bonds. The molecule has 2 heterocycles. The van der Waals surface area contributed by atoms with Gasteiger partial charge in [-0.25, -0.2) is 31.3 Å². The molecule has 1 fully saturated rings. The second kappa shape index (κ2) is 15.7. The molecular weight excluding hydrogens is 704 g/mol. The number of benzene rings is 3. The van der Waals surface area contributed by atoms with Crippen LogP contribution in [0.2, 0.25) is 5.02 Å². The van der Waals surface area contributed by atoms with Crippen molar-refractivity contribution < 1.29 is 40.9 Å². The van der Waals surface area contributed by atoms with E-state index in [0.717, 1.165) is 15.9 Å². The first-order valence-corrected chi connectivity index (χ1v) is 18.0. The van der Waals surface area contributed by atoms with Gasteiger partial charge in [0, 0.05) is 54.0 Å². The van der Waals surface area contributed by atoms with E-state index < -0.39 is 44.0 Å². The lowest BCUT2D eigenvalue weighted by atomic mass is 9.81. The Labute approximate surface area is 301 Å². The number of pyridine rings is 1. The van der Waals surface area contributed by atoms with Gasteiger partial charge in [-0.3, -0.25) is 0 Å². The van der Waals surface area contributed by atoms with Gasteiger partial charge in [0.1, 0.15) is 33.6 Å².